The molecule has 36 heteroatoms. The van der Waals surface area contributed by atoms with E-state index >= 15 is 0 Å². The number of carbonyl (C=O) groups excluding carboxylic acids is 3. The zero-order valence-electron chi connectivity index (χ0n) is 81.4. The van der Waals surface area contributed by atoms with E-state index in [4.69, 9.17) is 98.6 Å². The number of hydrogen-bond acceptors (Lipinski definition) is 21. The lowest BCUT2D eigenvalue weighted by Crippen LogP contribution is -2.57. The lowest BCUT2D eigenvalue weighted by atomic mass is 9.83. The Balaban J connectivity index is 0.000000136. The summed E-state index contributed by atoms with van der Waals surface area (Å²) >= 11 is 19.6. The predicted octanol–water partition coefficient (Wildman–Crippen LogP) is 17.8. The molecule has 27 nitrogen and oxygen atoms in total. The number of fused-ring (bicyclic) bond motifs is 9. The first kappa shape index (κ1) is 99.7. The molecule has 0 saturated carbocycles. The quantitative estimate of drug-likeness (QED) is 0.0372. The molecular weight excluding hydrogens is 1900 g/mol. The third-order valence-electron chi connectivity index (χ3n) is 31.5. The SMILES string of the molecule is [C-]#[N+]C[C@H]1CN(c2nc(OCC34CCC(C)N3CC(C)C4)nc3c2CCN(c2cccc4ccc(F)c(Cl)c24)C3)CCN1C(=O)C(=C)F.[C-]#[N+]C[C@H]1CN(c2nc(OCC34CCCN3CC(C)(C)C4)nc3c2CCN(c2cccc4ccc(F)c(Cl)c24)C3)CCN1C(=O)C(=C)F.[C-]#[N+]C[C@H]1CN(c2nc(OCC34CCCN3CC(C)C4)nc3c2CCN(c2cccc4ccc(F)c(Cl)c24)C3)CCN1C(=O)C(=C)F. The zero-order valence-corrected chi connectivity index (χ0v) is 83.6. The van der Waals surface area contributed by atoms with Gasteiger partial charge in [-0.25, -0.2) is 46.1 Å². The molecule has 9 fully saturated rings. The molecule has 3 aromatic heterocycles. The Hall–Kier alpha value is -12.0. The molecule has 6 aromatic carbocycles. The lowest BCUT2D eigenvalue weighted by molar-refractivity contribution is -0.131. The molecule has 0 bridgehead atoms. The van der Waals surface area contributed by atoms with Crippen LogP contribution in [-0.4, -0.2) is 269 Å². The Morgan fingerprint density at radius 3 is 1.17 bits per heavy atom. The first-order valence-electron chi connectivity index (χ1n) is 49.6. The number of rotatable bonds is 21. The molecular formula is C107H118Cl3F6N21O6. The highest BCUT2D eigenvalue weighted by molar-refractivity contribution is 6.38. The molecule has 0 spiro atoms. The highest BCUT2D eigenvalue weighted by Gasteiger charge is 2.55. The molecule has 21 rings (SSSR count). The second-order valence-electron chi connectivity index (χ2n) is 41.6. The maximum absolute atomic E-state index is 14.6. The number of benzene rings is 6. The molecule has 15 heterocycles. The second kappa shape index (κ2) is 40.9. The molecule has 0 N–H and O–H groups in total. The van der Waals surface area contributed by atoms with Crippen molar-refractivity contribution in [3.63, 3.8) is 0 Å². The summed E-state index contributed by atoms with van der Waals surface area (Å²) in [4.78, 5) is 103. The summed E-state index contributed by atoms with van der Waals surface area (Å²) in [6.07, 6.45) is 11.6. The third kappa shape index (κ3) is 19.7. The van der Waals surface area contributed by atoms with E-state index in [0.29, 0.717) is 181 Å². The Bertz CT molecular complexity index is 6440. The van der Waals surface area contributed by atoms with Gasteiger partial charge in [-0.15, -0.1) is 0 Å². The van der Waals surface area contributed by atoms with Crippen molar-refractivity contribution in [2.75, 3.05) is 180 Å². The van der Waals surface area contributed by atoms with Crippen molar-refractivity contribution in [2.24, 2.45) is 17.3 Å². The fourth-order valence-electron chi connectivity index (χ4n) is 25.3. The maximum Gasteiger partial charge on any atom is 0.318 e. The van der Waals surface area contributed by atoms with Crippen LogP contribution >= 0.6 is 34.8 Å². The van der Waals surface area contributed by atoms with Gasteiger partial charge in [0.15, 0.2) is 17.5 Å². The van der Waals surface area contributed by atoms with Crippen molar-refractivity contribution in [3.05, 3.63) is 229 Å². The van der Waals surface area contributed by atoms with Gasteiger partial charge in [0.05, 0.1) is 68.4 Å². The van der Waals surface area contributed by atoms with Crippen LogP contribution in [0.15, 0.2) is 128 Å². The molecule has 6 unspecified atom stereocenters. The van der Waals surface area contributed by atoms with Crippen LogP contribution in [0, 0.1) is 54.4 Å². The average molecular weight is 2010 g/mol. The van der Waals surface area contributed by atoms with Gasteiger partial charge in [0.1, 0.15) is 72.9 Å². The van der Waals surface area contributed by atoms with E-state index in [1.807, 2.05) is 54.6 Å². The highest BCUT2D eigenvalue weighted by atomic mass is 35.5. The minimum atomic E-state index is -1.03. The Morgan fingerprint density at radius 2 is 0.790 bits per heavy atom. The maximum atomic E-state index is 14.6. The van der Waals surface area contributed by atoms with Crippen molar-refractivity contribution in [2.45, 2.75) is 172 Å². The fourth-order valence-corrected chi connectivity index (χ4v) is 26.1. The molecule has 0 aliphatic carbocycles. The molecule has 3 amide bonds. The second-order valence-corrected chi connectivity index (χ2v) is 42.8. The van der Waals surface area contributed by atoms with Crippen LogP contribution in [0.1, 0.15) is 126 Å². The zero-order chi connectivity index (χ0) is 100. The van der Waals surface area contributed by atoms with Crippen molar-refractivity contribution < 1.29 is 54.9 Å². The van der Waals surface area contributed by atoms with Gasteiger partial charge in [-0.05, 0) is 167 Å². The van der Waals surface area contributed by atoms with Gasteiger partial charge in [0.2, 0.25) is 19.6 Å². The van der Waals surface area contributed by atoms with Crippen LogP contribution in [-0.2, 0) is 53.3 Å². The van der Waals surface area contributed by atoms with Crippen LogP contribution in [0.4, 0.5) is 60.9 Å². The van der Waals surface area contributed by atoms with Crippen LogP contribution in [0.2, 0.25) is 15.1 Å². The molecule has 9 aromatic rings. The number of aromatic nitrogens is 6. The van der Waals surface area contributed by atoms with E-state index in [9.17, 15) is 40.7 Å². The number of ether oxygens (including phenoxy) is 3. The molecule has 750 valence electrons. The normalized spacial score (nSPS) is 24.5. The summed E-state index contributed by atoms with van der Waals surface area (Å²) < 4.78 is 105. The van der Waals surface area contributed by atoms with E-state index in [-0.39, 0.29) is 82.4 Å². The van der Waals surface area contributed by atoms with Gasteiger partial charge in [0, 0.05) is 154 Å². The van der Waals surface area contributed by atoms with Crippen LogP contribution in [0.3, 0.4) is 0 Å². The number of carbonyl (C=O) groups is 3. The average Bonchev–Trinajstić information content (AvgIpc) is 1.73. The van der Waals surface area contributed by atoms with Gasteiger partial charge in [-0.3, -0.25) is 29.1 Å². The number of amides is 3. The van der Waals surface area contributed by atoms with Gasteiger partial charge < -0.3 is 72.8 Å². The van der Waals surface area contributed by atoms with Crippen molar-refractivity contribution in [1.82, 2.24) is 59.3 Å². The number of hydrogen-bond donors (Lipinski definition) is 0. The summed E-state index contributed by atoms with van der Waals surface area (Å²) in [6.45, 7) is 56.5. The Kier molecular flexibility index (Phi) is 28.5. The summed E-state index contributed by atoms with van der Waals surface area (Å²) in [6, 6.07) is 26.7. The van der Waals surface area contributed by atoms with Crippen molar-refractivity contribution >= 4 is 119 Å². The number of halogens is 9. The largest absolute Gasteiger partial charge is 0.461 e. The topological polar surface area (TPSA) is 208 Å². The predicted molar refractivity (Wildman–Crippen MR) is 543 cm³/mol. The van der Waals surface area contributed by atoms with E-state index in [1.165, 1.54) is 32.9 Å². The Labute approximate surface area is 844 Å². The molecule has 9 saturated heterocycles. The highest BCUT2D eigenvalue weighted by Crippen LogP contribution is 2.51. The van der Waals surface area contributed by atoms with Crippen LogP contribution in [0.25, 0.3) is 46.9 Å². The van der Waals surface area contributed by atoms with Crippen molar-refractivity contribution in [3.8, 4) is 18.0 Å². The summed E-state index contributed by atoms with van der Waals surface area (Å²) in [5.41, 5.74) is 7.88. The summed E-state index contributed by atoms with van der Waals surface area (Å²) in [5.74, 6) is -3.49. The van der Waals surface area contributed by atoms with Gasteiger partial charge in [-0.2, -0.15) is 29.9 Å². The molecule has 12 aliphatic heterocycles. The van der Waals surface area contributed by atoms with E-state index in [1.54, 1.807) is 18.2 Å². The molecule has 12 aliphatic rings. The fraction of sp³-hybridized carbons (Fsp3) is 0.495. The smallest absolute Gasteiger partial charge is 0.318 e. The van der Waals surface area contributed by atoms with Gasteiger partial charge >= 0.3 is 18.0 Å². The van der Waals surface area contributed by atoms with Gasteiger partial charge in [0.25, 0.3) is 17.7 Å². The standard InChI is InChI=1S/2C36H40ClF2N7O2.C35H38ClF2N7O2/c1-23(38)33(47)46-16-15-44(18-25(46)17-40-4)32-26-11-14-43(29-8-5-7-24-9-10-27(39)31(37)30(24)29)19-28(26)41-34(42-32)48-22-36-12-6-13-45(36)21-35(2,3)20-36;1-22-16-36(12-10-23(2)46(36)18-22)21-48-35-41-29-20-43(30-7-5-6-25-8-9-28(39)32(37)31(25)30)13-11-27(29)33(42-35)44-14-15-45(34(47)24(3)38)26(19-44)17-40-4;1-22-16-35(11-5-12-44(35)18-22)21-47-34-40-28-20-42(29-7-4-6-24-8-9-27(38)31(36)30(24)29)13-10-26(28)32(41-34)43-14-15-45(33(46)23(2)37)25(19-43)17-39-3/h5,7-10,25H,1,6,11-22H2,2-3H3;5-9,22-23,26H,3,10-21H2,1-2H3;4,6-9,22,25H,2,5,10-21H2,1H3/t25-,36?;22?,23?,26-,36?;22?,25-,35?/m000/s1. The van der Waals surface area contributed by atoms with E-state index < -0.39 is 70.8 Å². The molecule has 0 radical (unpaired) electrons. The molecule has 9 atom stereocenters. The van der Waals surface area contributed by atoms with Gasteiger partial charge in [-0.1, -0.05) is 137 Å². The Morgan fingerprint density at radius 1 is 0.434 bits per heavy atom. The minimum Gasteiger partial charge on any atom is -0.461 e. The first-order chi connectivity index (χ1) is 68.7. The van der Waals surface area contributed by atoms with E-state index in [0.717, 1.165) is 158 Å². The number of piperazine rings is 3. The third-order valence-corrected chi connectivity index (χ3v) is 32.7. The van der Waals surface area contributed by atoms with E-state index in [2.05, 4.69) is 113 Å². The van der Waals surface area contributed by atoms with Crippen molar-refractivity contribution in [1.29, 1.82) is 0 Å². The number of nitrogens with zero attached hydrogens (tertiary/aromatic N) is 21. The first-order valence-corrected chi connectivity index (χ1v) is 50.8. The van der Waals surface area contributed by atoms with Crippen LogP contribution < -0.4 is 43.6 Å². The minimum absolute atomic E-state index is 0.0177. The summed E-state index contributed by atoms with van der Waals surface area (Å²) in [5, 5.41) is 4.83. The van der Waals surface area contributed by atoms with Crippen LogP contribution in [0.5, 0.6) is 18.0 Å². The molecule has 143 heavy (non-hydrogen) atoms. The number of anilines is 6. The monoisotopic (exact) mass is 2010 g/mol. The lowest BCUT2D eigenvalue weighted by Gasteiger charge is -2.41. The summed E-state index contributed by atoms with van der Waals surface area (Å²) in [7, 11) is 0.